The first-order valence-electron chi connectivity index (χ1n) is 40.0. The van der Waals surface area contributed by atoms with Crippen LogP contribution in [-0.2, 0) is 70.1 Å². The van der Waals surface area contributed by atoms with Crippen LogP contribution in [0.4, 0.5) is 0 Å². The second kappa shape index (κ2) is 80.7. The number of carbonyl (C=O) groups excluding carboxylic acids is 4. The molecule has 0 aliphatic heterocycles. The third-order valence-electron chi connectivity index (χ3n) is 17.1. The molecule has 101 heavy (non-hydrogen) atoms. The van der Waals surface area contributed by atoms with E-state index in [0.29, 0.717) is 56.3 Å². The Labute approximate surface area is 666 Å². The molecular formula is C78H157N2Na2O16P3+4. The zero-order chi connectivity index (χ0) is 74.2. The molecule has 0 saturated carbocycles. The standard InChI is InChI=1S/C42H82NO7P.C35H68NO9P.CH5P.2Na/c1-6-8-10-12-14-16-18-20-21-23-25-27-29-31-33-35-42(45)50-40(39-49-51(5,46)48-37-36-43(3)4)38-47-41(44)34-32-30-28-26-24-22-19-17-15-13-11-9-7-2;1-6-7-8-9-10-11-12-13-14-15-16-17-20-23-26-34(39)42-30-32(31-44-46(5,41)43-29-28-36(2,3)4)45-35(40)27-24-21-18-19-22-25-33(37)38;1-2;;/h20-21,40H,6-19,22-39H2,1-5H3;32H,6-31H2,1-5H3;2H2,1H3;;/q;;;2*+1/p+2/b21-20-;;;;/t40-,51?;32-,46?;;;/m11.../s1. The Morgan fingerprint density at radius 1 is 0.386 bits per heavy atom. The maximum Gasteiger partial charge on any atom is 1.00 e. The molecule has 0 aromatic carbocycles. The number of hydrogen-bond donors (Lipinski definition) is 2. The van der Waals surface area contributed by atoms with Crippen LogP contribution in [0.25, 0.3) is 0 Å². The number of carbonyl (C=O) groups is 5. The zero-order valence-corrected chi connectivity index (χ0v) is 74.8. The quantitative estimate of drug-likeness (QED) is 0.0110. The van der Waals surface area contributed by atoms with Gasteiger partial charge in [-0.1, -0.05) is 271 Å². The predicted molar refractivity (Wildman–Crippen MR) is 413 cm³/mol. The van der Waals surface area contributed by atoms with E-state index in [9.17, 15) is 33.1 Å². The van der Waals surface area contributed by atoms with Crippen molar-refractivity contribution in [1.82, 2.24) is 0 Å². The third-order valence-corrected chi connectivity index (χ3v) is 19.6. The summed E-state index contributed by atoms with van der Waals surface area (Å²) in [7, 11) is 5.67. The number of ether oxygens (including phenoxy) is 4. The van der Waals surface area contributed by atoms with Gasteiger partial charge in [-0.2, -0.15) is 0 Å². The summed E-state index contributed by atoms with van der Waals surface area (Å²) in [6.07, 6.45) is 57.0. The van der Waals surface area contributed by atoms with Gasteiger partial charge in [-0.15, -0.1) is 9.24 Å². The maximum absolute atomic E-state index is 12.8. The summed E-state index contributed by atoms with van der Waals surface area (Å²) in [4.78, 5) is 61.9. The van der Waals surface area contributed by atoms with Crippen molar-refractivity contribution in [2.24, 2.45) is 0 Å². The minimum atomic E-state index is -3.40. The molecular weight excluding hydrogens is 1360 g/mol. The van der Waals surface area contributed by atoms with Crippen LogP contribution >= 0.6 is 24.4 Å². The fraction of sp³-hybridized carbons (Fsp3) is 0.910. The topological polar surface area (TPSA) is 218 Å². The molecule has 0 aromatic heterocycles. The number of nitrogens with zero attached hydrogens (tertiary/aromatic N) is 1. The number of esters is 4. The van der Waals surface area contributed by atoms with Gasteiger partial charge in [-0.05, 0) is 57.8 Å². The van der Waals surface area contributed by atoms with Crippen molar-refractivity contribution < 1.29 is 144 Å². The molecule has 3 unspecified atom stereocenters. The molecule has 0 spiro atoms. The molecule has 0 heterocycles. The van der Waals surface area contributed by atoms with Crippen molar-refractivity contribution in [1.29, 1.82) is 0 Å². The van der Waals surface area contributed by atoms with Crippen molar-refractivity contribution in [3.05, 3.63) is 12.2 Å². The molecule has 23 heteroatoms. The summed E-state index contributed by atoms with van der Waals surface area (Å²) >= 11 is 0. The molecule has 0 radical (unpaired) electrons. The Bertz CT molecular complexity index is 1990. The third kappa shape index (κ3) is 90.3. The number of quaternary nitrogens is 2. The van der Waals surface area contributed by atoms with Gasteiger partial charge in [0.1, 0.15) is 39.5 Å². The fourth-order valence-electron chi connectivity index (χ4n) is 10.8. The van der Waals surface area contributed by atoms with Gasteiger partial charge in [0.05, 0.1) is 48.5 Å². The van der Waals surface area contributed by atoms with Crippen LogP contribution in [0, 0.1) is 0 Å². The van der Waals surface area contributed by atoms with E-state index in [1.54, 1.807) is 0 Å². The average Bonchev–Trinajstić information content (AvgIpc) is 0.917. The smallest absolute Gasteiger partial charge is 0.481 e. The molecule has 0 rings (SSSR count). The van der Waals surface area contributed by atoms with Crippen LogP contribution in [-0.4, -0.2) is 160 Å². The van der Waals surface area contributed by atoms with E-state index in [1.807, 2.05) is 41.9 Å². The first kappa shape index (κ1) is 109. The Balaban J connectivity index is -0.000000585. The molecule has 0 fully saturated rings. The van der Waals surface area contributed by atoms with Crippen molar-refractivity contribution in [3.63, 3.8) is 0 Å². The van der Waals surface area contributed by atoms with Crippen molar-refractivity contribution in [2.75, 3.05) is 108 Å². The van der Waals surface area contributed by atoms with Crippen LogP contribution in [0.1, 0.15) is 342 Å². The number of rotatable bonds is 72. The first-order chi connectivity index (χ1) is 47.5. The summed E-state index contributed by atoms with van der Waals surface area (Å²) in [6, 6.07) is 0. The van der Waals surface area contributed by atoms with Gasteiger partial charge in [-0.25, -0.2) is 0 Å². The largest absolute Gasteiger partial charge is 1.00 e. The zero-order valence-electron chi connectivity index (χ0n) is 67.8. The average molecular weight is 1520 g/mol. The summed E-state index contributed by atoms with van der Waals surface area (Å²) in [5, 5.41) is 8.72. The Morgan fingerprint density at radius 3 is 0.921 bits per heavy atom. The van der Waals surface area contributed by atoms with Gasteiger partial charge >= 0.3 is 104 Å². The van der Waals surface area contributed by atoms with Crippen LogP contribution in [0.5, 0.6) is 0 Å². The van der Waals surface area contributed by atoms with Crippen LogP contribution in [0.2, 0.25) is 0 Å². The second-order valence-electron chi connectivity index (χ2n) is 28.7. The minimum Gasteiger partial charge on any atom is -0.481 e. The number of carboxylic acid groups (broad SMARTS) is 1. The van der Waals surface area contributed by atoms with E-state index < -0.39 is 39.3 Å². The molecule has 0 aliphatic rings. The van der Waals surface area contributed by atoms with Gasteiger partial charge in [-0.3, -0.25) is 33.1 Å². The summed E-state index contributed by atoms with van der Waals surface area (Å²) in [6.45, 7) is 12.7. The first-order valence-corrected chi connectivity index (χ1v) is 45.1. The monoisotopic (exact) mass is 1520 g/mol. The number of carboxylic acids is 1. The van der Waals surface area contributed by atoms with Crippen molar-refractivity contribution in [2.45, 2.75) is 354 Å². The number of likely N-dealkylation sites (N-methyl/N-ethyl adjacent to an activating group) is 2. The molecule has 0 bridgehead atoms. The molecule has 0 aromatic rings. The predicted octanol–water partition coefficient (Wildman–Crippen LogP) is 14.2. The molecule has 5 atom stereocenters. The fourth-order valence-corrected chi connectivity index (χ4v) is 12.7. The number of allylic oxidation sites excluding steroid dienone is 2. The molecule has 588 valence electrons. The van der Waals surface area contributed by atoms with E-state index in [-0.39, 0.29) is 123 Å². The van der Waals surface area contributed by atoms with Crippen LogP contribution in [0.15, 0.2) is 12.2 Å². The van der Waals surface area contributed by atoms with E-state index in [0.717, 1.165) is 89.9 Å². The van der Waals surface area contributed by atoms with E-state index >= 15 is 0 Å². The normalized spacial score (nSPS) is 13.1. The van der Waals surface area contributed by atoms with Gasteiger partial charge in [0, 0.05) is 45.4 Å². The summed E-state index contributed by atoms with van der Waals surface area (Å²) < 4.78 is 70.4. The molecule has 0 amide bonds. The molecule has 0 aliphatic carbocycles. The van der Waals surface area contributed by atoms with Gasteiger partial charge < -0.3 is 51.5 Å². The van der Waals surface area contributed by atoms with E-state index in [2.05, 4.69) is 42.2 Å². The summed E-state index contributed by atoms with van der Waals surface area (Å²) in [5.41, 5.74) is 0. The number of aliphatic carboxylic acids is 1. The number of hydrogen-bond acceptors (Lipinski definition) is 15. The van der Waals surface area contributed by atoms with Crippen molar-refractivity contribution in [3.8, 4) is 0 Å². The Kier molecular flexibility index (Phi) is 87.4. The number of unbranched alkanes of at least 4 members (excludes halogenated alkanes) is 40. The van der Waals surface area contributed by atoms with Gasteiger partial charge in [0.25, 0.3) is 0 Å². The van der Waals surface area contributed by atoms with Crippen LogP contribution < -0.4 is 64.0 Å². The van der Waals surface area contributed by atoms with Gasteiger partial charge in [0.15, 0.2) is 12.2 Å². The van der Waals surface area contributed by atoms with E-state index in [4.69, 9.17) is 42.1 Å². The molecule has 18 nitrogen and oxygen atoms in total. The molecule has 2 N–H and O–H groups in total. The van der Waals surface area contributed by atoms with E-state index in [1.165, 1.54) is 204 Å². The minimum absolute atomic E-state index is 0. The maximum atomic E-state index is 12.8. The molecule has 0 saturated heterocycles. The SMILES string of the molecule is CCCCCCCC/C=C\CCCCCCCC(=O)O[C@H](COC(=O)CCCCCCCCCCCCCCC)COP(C)(=O)OCC[NH+](C)C.CCCCCCCCCCCCCCCCC(=O)OC[C@H](COP(C)(=O)OCC[N+](C)(C)C)OC(=O)CCCCCCCC(=O)O.CP.[Na+].[Na+]. The van der Waals surface area contributed by atoms with Crippen molar-refractivity contribution >= 4 is 54.3 Å². The summed E-state index contributed by atoms with van der Waals surface area (Å²) in [5.74, 6) is -2.25. The van der Waals surface area contributed by atoms with Gasteiger partial charge in [0.2, 0.25) is 0 Å². The van der Waals surface area contributed by atoms with Crippen LogP contribution in [0.3, 0.4) is 0 Å². The Morgan fingerprint density at radius 2 is 0.644 bits per heavy atom. The number of nitrogens with one attached hydrogen (secondary N) is 1. The second-order valence-corrected chi connectivity index (χ2v) is 32.8. The Hall–Kier alpha value is -0.260.